The van der Waals surface area contributed by atoms with Crippen molar-refractivity contribution in [3.63, 3.8) is 0 Å². The van der Waals surface area contributed by atoms with E-state index in [0.717, 1.165) is 12.0 Å². The van der Waals surface area contributed by atoms with E-state index >= 15 is 0 Å². The maximum Gasteiger partial charge on any atom is 0.215 e. The molecule has 7 nitrogen and oxygen atoms in total. The molecule has 0 amide bonds. The van der Waals surface area contributed by atoms with Gasteiger partial charge >= 0.3 is 0 Å². The summed E-state index contributed by atoms with van der Waals surface area (Å²) in [6.45, 7) is 3.03. The van der Waals surface area contributed by atoms with Gasteiger partial charge < -0.3 is 15.2 Å². The van der Waals surface area contributed by atoms with E-state index in [1.165, 1.54) is 6.33 Å². The zero-order valence-electron chi connectivity index (χ0n) is 12.4. The molecule has 1 aliphatic rings. The van der Waals surface area contributed by atoms with Gasteiger partial charge in [0, 0.05) is 11.1 Å². The Kier molecular flexibility index (Phi) is 3.91. The SMILES string of the molecule is CCC1COC(Cn2cncn2)(c2ccc(C(=N)N)cc2)O1. The molecule has 0 radical (unpaired) electrons. The van der Waals surface area contributed by atoms with Crippen LogP contribution in [0.2, 0.25) is 0 Å². The van der Waals surface area contributed by atoms with Crippen molar-refractivity contribution >= 4 is 5.84 Å². The summed E-state index contributed by atoms with van der Waals surface area (Å²) >= 11 is 0. The number of nitrogens with two attached hydrogens (primary N) is 1. The number of nitrogens with one attached hydrogen (secondary N) is 1. The van der Waals surface area contributed by atoms with Crippen molar-refractivity contribution in [2.24, 2.45) is 5.73 Å². The molecule has 0 spiro atoms. The van der Waals surface area contributed by atoms with Crippen LogP contribution < -0.4 is 5.73 Å². The second-order valence-electron chi connectivity index (χ2n) is 5.30. The van der Waals surface area contributed by atoms with Gasteiger partial charge in [0.25, 0.3) is 0 Å². The zero-order valence-corrected chi connectivity index (χ0v) is 12.4. The summed E-state index contributed by atoms with van der Waals surface area (Å²) in [6.07, 6.45) is 4.05. The molecule has 2 aromatic rings. The number of rotatable bonds is 5. The molecule has 1 aliphatic heterocycles. The highest BCUT2D eigenvalue weighted by molar-refractivity contribution is 5.94. The smallest absolute Gasteiger partial charge is 0.215 e. The Labute approximate surface area is 128 Å². The Morgan fingerprint density at radius 3 is 2.77 bits per heavy atom. The zero-order chi connectivity index (χ0) is 15.6. The highest BCUT2D eigenvalue weighted by Gasteiger charge is 2.43. The predicted octanol–water partition coefficient (Wildman–Crippen LogP) is 1.24. The minimum atomic E-state index is -0.885. The highest BCUT2D eigenvalue weighted by atomic mass is 16.7. The van der Waals surface area contributed by atoms with E-state index in [2.05, 4.69) is 17.0 Å². The average molecular weight is 301 g/mol. The van der Waals surface area contributed by atoms with Crippen LogP contribution in [0.15, 0.2) is 36.9 Å². The predicted molar refractivity (Wildman–Crippen MR) is 80.3 cm³/mol. The molecule has 1 aromatic carbocycles. The van der Waals surface area contributed by atoms with Crippen molar-refractivity contribution in [3.8, 4) is 0 Å². The Balaban J connectivity index is 1.93. The molecule has 1 aromatic heterocycles. The topological polar surface area (TPSA) is 99.0 Å². The van der Waals surface area contributed by atoms with Crippen molar-refractivity contribution < 1.29 is 9.47 Å². The third kappa shape index (κ3) is 2.72. The minimum Gasteiger partial charge on any atom is -0.384 e. The maximum atomic E-state index is 7.48. The second kappa shape index (κ2) is 5.86. The number of hydrogen-bond acceptors (Lipinski definition) is 5. The van der Waals surface area contributed by atoms with Crippen LogP contribution in [0.25, 0.3) is 0 Å². The van der Waals surface area contributed by atoms with Crippen molar-refractivity contribution in [2.45, 2.75) is 31.8 Å². The third-order valence-electron chi connectivity index (χ3n) is 3.79. The molecule has 22 heavy (non-hydrogen) atoms. The fourth-order valence-corrected chi connectivity index (χ4v) is 2.52. The molecule has 0 aliphatic carbocycles. The molecule has 3 rings (SSSR count). The van der Waals surface area contributed by atoms with Crippen LogP contribution in [-0.4, -0.2) is 33.3 Å². The van der Waals surface area contributed by atoms with E-state index in [9.17, 15) is 0 Å². The lowest BCUT2D eigenvalue weighted by Crippen LogP contribution is -2.34. The van der Waals surface area contributed by atoms with Crippen LogP contribution in [0.1, 0.15) is 24.5 Å². The van der Waals surface area contributed by atoms with Crippen LogP contribution in [0.3, 0.4) is 0 Å². The van der Waals surface area contributed by atoms with E-state index in [-0.39, 0.29) is 11.9 Å². The summed E-state index contributed by atoms with van der Waals surface area (Å²) in [6, 6.07) is 7.36. The molecule has 2 atom stereocenters. The van der Waals surface area contributed by atoms with E-state index in [4.69, 9.17) is 20.6 Å². The van der Waals surface area contributed by atoms with Gasteiger partial charge in [0.15, 0.2) is 0 Å². The minimum absolute atomic E-state index is 0.0385. The lowest BCUT2D eigenvalue weighted by atomic mass is 10.0. The quantitative estimate of drug-likeness (QED) is 0.639. The van der Waals surface area contributed by atoms with E-state index in [0.29, 0.717) is 18.7 Å². The van der Waals surface area contributed by atoms with Gasteiger partial charge in [-0.25, -0.2) is 9.67 Å². The number of aromatic nitrogens is 3. The van der Waals surface area contributed by atoms with Crippen LogP contribution in [-0.2, 0) is 21.8 Å². The van der Waals surface area contributed by atoms with Crippen molar-refractivity contribution in [3.05, 3.63) is 48.0 Å². The summed E-state index contributed by atoms with van der Waals surface area (Å²) in [4.78, 5) is 3.96. The molecule has 2 unspecified atom stereocenters. The lowest BCUT2D eigenvalue weighted by Gasteiger charge is -2.28. The maximum absolute atomic E-state index is 7.48. The Bertz CT molecular complexity index is 640. The highest BCUT2D eigenvalue weighted by Crippen LogP contribution is 2.36. The molecule has 1 saturated heterocycles. The van der Waals surface area contributed by atoms with Gasteiger partial charge in [-0.15, -0.1) is 0 Å². The van der Waals surface area contributed by atoms with Gasteiger partial charge in [0.05, 0.1) is 12.7 Å². The fraction of sp³-hybridized carbons (Fsp3) is 0.400. The first-order chi connectivity index (χ1) is 10.6. The average Bonchev–Trinajstić information content (AvgIpc) is 3.18. The number of ether oxygens (including phenoxy) is 2. The summed E-state index contributed by atoms with van der Waals surface area (Å²) < 4.78 is 13.9. The van der Waals surface area contributed by atoms with E-state index in [1.807, 2.05) is 12.1 Å². The van der Waals surface area contributed by atoms with E-state index in [1.54, 1.807) is 23.1 Å². The number of nitrogen functional groups attached to an aromatic ring is 1. The number of amidine groups is 1. The molecule has 3 N–H and O–H groups in total. The Hall–Kier alpha value is -2.25. The molecule has 0 bridgehead atoms. The lowest BCUT2D eigenvalue weighted by molar-refractivity contribution is -0.188. The van der Waals surface area contributed by atoms with Crippen molar-refractivity contribution in [1.82, 2.24) is 14.8 Å². The van der Waals surface area contributed by atoms with Gasteiger partial charge in [-0.2, -0.15) is 5.10 Å². The summed E-state index contributed by atoms with van der Waals surface area (Å²) in [5, 5.41) is 11.6. The summed E-state index contributed by atoms with van der Waals surface area (Å²) in [5.41, 5.74) is 7.05. The second-order valence-corrected chi connectivity index (χ2v) is 5.30. The Morgan fingerprint density at radius 1 is 1.45 bits per heavy atom. The molecular formula is C15H19N5O2. The number of nitrogens with zero attached hydrogens (tertiary/aromatic N) is 3. The normalized spacial score (nSPS) is 24.5. The standard InChI is InChI=1S/C15H19N5O2/c1-2-13-7-21-15(22-13,8-20-10-18-9-19-20)12-5-3-11(4-6-12)14(16)17/h3-6,9-10,13H,2,7-8H2,1H3,(H3,16,17). The van der Waals surface area contributed by atoms with Crippen molar-refractivity contribution in [2.75, 3.05) is 6.61 Å². The van der Waals surface area contributed by atoms with Crippen molar-refractivity contribution in [1.29, 1.82) is 5.41 Å². The molecule has 116 valence electrons. The first-order valence-electron chi connectivity index (χ1n) is 7.22. The van der Waals surface area contributed by atoms with Gasteiger partial charge in [0.1, 0.15) is 25.0 Å². The molecule has 0 saturated carbocycles. The Morgan fingerprint density at radius 2 is 2.23 bits per heavy atom. The molecular weight excluding hydrogens is 282 g/mol. The largest absolute Gasteiger partial charge is 0.384 e. The van der Waals surface area contributed by atoms with Gasteiger partial charge in [0.2, 0.25) is 5.79 Å². The monoisotopic (exact) mass is 301 g/mol. The van der Waals surface area contributed by atoms with Gasteiger partial charge in [-0.1, -0.05) is 31.2 Å². The van der Waals surface area contributed by atoms with Crippen LogP contribution >= 0.6 is 0 Å². The first-order valence-corrected chi connectivity index (χ1v) is 7.22. The fourth-order valence-electron chi connectivity index (χ4n) is 2.52. The van der Waals surface area contributed by atoms with Gasteiger partial charge in [-0.3, -0.25) is 5.41 Å². The van der Waals surface area contributed by atoms with E-state index < -0.39 is 5.79 Å². The first kappa shape index (κ1) is 14.7. The summed E-state index contributed by atoms with van der Waals surface area (Å²) in [7, 11) is 0. The molecule has 7 heteroatoms. The van der Waals surface area contributed by atoms with Gasteiger partial charge in [-0.05, 0) is 6.42 Å². The molecule has 2 heterocycles. The number of benzene rings is 1. The van der Waals surface area contributed by atoms with Crippen LogP contribution in [0, 0.1) is 5.41 Å². The third-order valence-corrected chi connectivity index (χ3v) is 3.79. The summed E-state index contributed by atoms with van der Waals surface area (Å²) in [5.74, 6) is -0.847. The number of hydrogen-bond donors (Lipinski definition) is 2. The molecule has 1 fully saturated rings. The van der Waals surface area contributed by atoms with Crippen LogP contribution in [0.4, 0.5) is 0 Å². The van der Waals surface area contributed by atoms with Crippen LogP contribution in [0.5, 0.6) is 0 Å².